The van der Waals surface area contributed by atoms with E-state index in [-0.39, 0.29) is 42.3 Å². The van der Waals surface area contributed by atoms with Crippen molar-refractivity contribution in [1.82, 2.24) is 4.90 Å². The lowest BCUT2D eigenvalue weighted by Crippen LogP contribution is -2.38. The van der Waals surface area contributed by atoms with E-state index in [0.29, 0.717) is 55.4 Å². The van der Waals surface area contributed by atoms with Gasteiger partial charge in [-0.1, -0.05) is 12.2 Å². The van der Waals surface area contributed by atoms with Gasteiger partial charge in [0.2, 0.25) is 9.84 Å². The third-order valence-electron chi connectivity index (χ3n) is 7.11. The van der Waals surface area contributed by atoms with Crippen LogP contribution in [0.2, 0.25) is 0 Å². The van der Waals surface area contributed by atoms with Crippen molar-refractivity contribution < 1.29 is 28.8 Å². The van der Waals surface area contributed by atoms with Gasteiger partial charge in [0.05, 0.1) is 59.0 Å². The smallest absolute Gasteiger partial charge is 0.206 e. The van der Waals surface area contributed by atoms with Crippen LogP contribution in [-0.4, -0.2) is 92.4 Å². The monoisotopic (exact) mass is 634 g/mol. The Hall–Kier alpha value is -4.11. The quantitative estimate of drug-likeness (QED) is 0.169. The molecule has 238 valence electrons. The maximum atomic E-state index is 13.2. The maximum Gasteiger partial charge on any atom is 0.206 e. The van der Waals surface area contributed by atoms with Crippen LogP contribution in [0.5, 0.6) is 0 Å². The molecule has 4 N–H and O–H groups in total. The molecular formula is C32H38N6O6S. The van der Waals surface area contributed by atoms with Crippen LogP contribution in [0.1, 0.15) is 6.42 Å². The van der Waals surface area contributed by atoms with E-state index in [1.165, 1.54) is 24.3 Å². The van der Waals surface area contributed by atoms with Crippen molar-refractivity contribution in [1.29, 1.82) is 0 Å². The predicted molar refractivity (Wildman–Crippen MR) is 171 cm³/mol. The molecule has 0 saturated heterocycles. The normalized spacial score (nSPS) is 15.3. The standard InChI is InChI=1S/C32H38N6O6S/c39-21-17-37(18-22-40)29-9-1-25(2-10-29)33-35-27-5-13-31(14-6-27)45(43,44)32-15-7-28(8-16-32)36-34-26-3-11-30(12-4-26)38(19-23-41)20-24-42/h1-11,13-16,30,39-42H,12,17-24H2. The van der Waals surface area contributed by atoms with Crippen molar-refractivity contribution in [3.05, 3.63) is 96.7 Å². The number of hydrogen-bond donors (Lipinski definition) is 4. The molecule has 1 unspecified atom stereocenters. The van der Waals surface area contributed by atoms with E-state index in [2.05, 4.69) is 20.5 Å². The highest BCUT2D eigenvalue weighted by atomic mass is 32.2. The molecule has 3 aromatic carbocycles. The summed E-state index contributed by atoms with van der Waals surface area (Å²) in [6.45, 7) is 1.74. The molecular weight excluding hydrogens is 596 g/mol. The zero-order valence-electron chi connectivity index (χ0n) is 24.8. The van der Waals surface area contributed by atoms with Gasteiger partial charge in [0.25, 0.3) is 0 Å². The minimum Gasteiger partial charge on any atom is -0.395 e. The van der Waals surface area contributed by atoms with Gasteiger partial charge in [0.15, 0.2) is 0 Å². The first-order valence-electron chi connectivity index (χ1n) is 14.6. The number of allylic oxidation sites excluding steroid dienone is 1. The van der Waals surface area contributed by atoms with Gasteiger partial charge in [-0.15, -0.1) is 0 Å². The van der Waals surface area contributed by atoms with E-state index in [1.54, 1.807) is 36.4 Å². The number of hydrogen-bond acceptors (Lipinski definition) is 12. The van der Waals surface area contributed by atoms with Crippen LogP contribution in [0.25, 0.3) is 0 Å². The van der Waals surface area contributed by atoms with E-state index in [0.717, 1.165) is 5.69 Å². The molecule has 0 amide bonds. The molecule has 0 aliphatic heterocycles. The van der Waals surface area contributed by atoms with Crippen molar-refractivity contribution >= 4 is 32.6 Å². The van der Waals surface area contributed by atoms with Gasteiger partial charge in [0.1, 0.15) is 0 Å². The lowest BCUT2D eigenvalue weighted by Gasteiger charge is -2.29. The fourth-order valence-corrected chi connectivity index (χ4v) is 6.00. The Bertz CT molecular complexity index is 1580. The lowest BCUT2D eigenvalue weighted by atomic mass is 10.1. The average molecular weight is 635 g/mol. The Morgan fingerprint density at radius 2 is 1.07 bits per heavy atom. The number of anilines is 1. The summed E-state index contributed by atoms with van der Waals surface area (Å²) < 4.78 is 26.4. The fraction of sp³-hybridized carbons (Fsp3) is 0.312. The number of benzene rings is 3. The van der Waals surface area contributed by atoms with Crippen molar-refractivity contribution in [3.8, 4) is 0 Å². The minimum atomic E-state index is -3.77. The molecule has 0 fully saturated rings. The highest BCUT2D eigenvalue weighted by molar-refractivity contribution is 7.91. The first-order valence-corrected chi connectivity index (χ1v) is 16.1. The molecule has 0 saturated carbocycles. The summed E-state index contributed by atoms with van der Waals surface area (Å²) in [6.07, 6.45) is 6.41. The lowest BCUT2D eigenvalue weighted by molar-refractivity contribution is 0.139. The number of azo groups is 2. The third-order valence-corrected chi connectivity index (χ3v) is 8.90. The van der Waals surface area contributed by atoms with Gasteiger partial charge in [-0.05, 0) is 85.3 Å². The van der Waals surface area contributed by atoms with Crippen LogP contribution in [0.3, 0.4) is 0 Å². The molecule has 0 radical (unpaired) electrons. The van der Waals surface area contributed by atoms with E-state index in [4.69, 9.17) is 0 Å². The molecule has 1 aliphatic carbocycles. The van der Waals surface area contributed by atoms with E-state index < -0.39 is 9.84 Å². The predicted octanol–water partition coefficient (Wildman–Crippen LogP) is 4.31. The molecule has 0 aromatic heterocycles. The molecule has 1 atom stereocenters. The number of nitrogens with zero attached hydrogens (tertiary/aromatic N) is 6. The topological polar surface area (TPSA) is 171 Å². The highest BCUT2D eigenvalue weighted by Gasteiger charge is 2.18. The van der Waals surface area contributed by atoms with Gasteiger partial charge in [-0.3, -0.25) is 4.90 Å². The highest BCUT2D eigenvalue weighted by Crippen LogP contribution is 2.27. The summed E-state index contributed by atoms with van der Waals surface area (Å²) in [6, 6.07) is 19.6. The largest absolute Gasteiger partial charge is 0.395 e. The summed E-state index contributed by atoms with van der Waals surface area (Å²) >= 11 is 0. The molecule has 13 heteroatoms. The summed E-state index contributed by atoms with van der Waals surface area (Å²) in [4.78, 5) is 4.10. The zero-order chi connectivity index (χ0) is 32.1. The Morgan fingerprint density at radius 3 is 1.49 bits per heavy atom. The molecule has 0 spiro atoms. The Balaban J connectivity index is 1.35. The number of aliphatic hydroxyl groups excluding tert-OH is 4. The second kappa shape index (κ2) is 16.8. The first kappa shape index (κ1) is 33.8. The van der Waals surface area contributed by atoms with Crippen molar-refractivity contribution in [2.24, 2.45) is 20.5 Å². The van der Waals surface area contributed by atoms with Gasteiger partial charge in [0, 0.05) is 37.9 Å². The SMILES string of the molecule is O=S(=O)(c1ccc(N=NC2=CCC(N(CCO)CCO)C=C2)cc1)c1ccc(N=Nc2ccc(N(CCO)CCO)cc2)cc1. The van der Waals surface area contributed by atoms with E-state index >= 15 is 0 Å². The number of rotatable bonds is 16. The summed E-state index contributed by atoms with van der Waals surface area (Å²) in [5.74, 6) is 0. The maximum absolute atomic E-state index is 13.2. The molecule has 4 rings (SSSR count). The van der Waals surface area contributed by atoms with Crippen LogP contribution in [0, 0.1) is 0 Å². The number of sulfone groups is 1. The molecule has 3 aromatic rings. The van der Waals surface area contributed by atoms with Crippen molar-refractivity contribution in [2.45, 2.75) is 22.3 Å². The first-order chi connectivity index (χ1) is 21.9. The van der Waals surface area contributed by atoms with Gasteiger partial charge in [-0.2, -0.15) is 20.5 Å². The molecule has 0 heterocycles. The summed E-state index contributed by atoms with van der Waals surface area (Å²) in [5.41, 5.74) is 3.11. The van der Waals surface area contributed by atoms with E-state index in [9.17, 15) is 28.8 Å². The second-order valence-electron chi connectivity index (χ2n) is 10.1. The van der Waals surface area contributed by atoms with E-state index in [1.807, 2.05) is 40.2 Å². The summed E-state index contributed by atoms with van der Waals surface area (Å²) in [7, 11) is -3.77. The second-order valence-corrected chi connectivity index (χ2v) is 12.1. The van der Waals surface area contributed by atoms with Crippen molar-refractivity contribution in [2.75, 3.05) is 57.5 Å². The number of aliphatic hydroxyl groups is 4. The van der Waals surface area contributed by atoms with Crippen LogP contribution < -0.4 is 4.90 Å². The van der Waals surface area contributed by atoms with Crippen LogP contribution in [-0.2, 0) is 9.84 Å². The Morgan fingerprint density at radius 1 is 0.622 bits per heavy atom. The third kappa shape index (κ3) is 9.44. The Labute approximate surface area is 262 Å². The zero-order valence-corrected chi connectivity index (χ0v) is 25.6. The average Bonchev–Trinajstić information content (AvgIpc) is 3.07. The molecule has 1 aliphatic rings. The molecule has 12 nitrogen and oxygen atoms in total. The minimum absolute atomic E-state index is 0.0145. The van der Waals surface area contributed by atoms with Crippen LogP contribution >= 0.6 is 0 Å². The van der Waals surface area contributed by atoms with Crippen LogP contribution in [0.15, 0.2) is 127 Å². The summed E-state index contributed by atoms with van der Waals surface area (Å²) in [5, 5.41) is 53.8. The fourth-order valence-electron chi connectivity index (χ4n) is 4.74. The Kier molecular flexibility index (Phi) is 12.6. The van der Waals surface area contributed by atoms with Gasteiger partial charge in [-0.25, -0.2) is 8.42 Å². The van der Waals surface area contributed by atoms with Gasteiger partial charge < -0.3 is 25.3 Å². The van der Waals surface area contributed by atoms with Crippen molar-refractivity contribution in [3.63, 3.8) is 0 Å². The van der Waals surface area contributed by atoms with Crippen LogP contribution in [0.4, 0.5) is 22.7 Å². The molecule has 0 bridgehead atoms. The molecule has 45 heavy (non-hydrogen) atoms. The van der Waals surface area contributed by atoms with Gasteiger partial charge >= 0.3 is 0 Å².